The first kappa shape index (κ1) is 8.69. The third kappa shape index (κ3) is 1.46. The van der Waals surface area contributed by atoms with Gasteiger partial charge in [0.05, 0.1) is 0 Å². The van der Waals surface area contributed by atoms with E-state index in [2.05, 4.69) is 24.0 Å². The van der Waals surface area contributed by atoms with Crippen molar-refractivity contribution in [2.75, 3.05) is 0 Å². The zero-order valence-corrected chi connectivity index (χ0v) is 8.11. The third-order valence-corrected chi connectivity index (χ3v) is 2.64. The van der Waals surface area contributed by atoms with Crippen LogP contribution in [0.15, 0.2) is 4.52 Å². The molecule has 4 heteroatoms. The first-order valence-electron chi connectivity index (χ1n) is 4.52. The molecule has 1 heterocycles. The van der Waals surface area contributed by atoms with E-state index in [1.54, 1.807) is 6.92 Å². The van der Waals surface area contributed by atoms with Crippen molar-refractivity contribution in [3.05, 3.63) is 11.7 Å². The number of hydrogen-bond acceptors (Lipinski definition) is 4. The van der Waals surface area contributed by atoms with E-state index in [1.807, 2.05) is 0 Å². The van der Waals surface area contributed by atoms with Crippen molar-refractivity contribution < 1.29 is 9.63 Å². The van der Waals surface area contributed by atoms with Crippen molar-refractivity contribution in [2.24, 2.45) is 5.41 Å². The van der Waals surface area contributed by atoms with E-state index in [-0.39, 0.29) is 0 Å². The number of nitrogens with zero attached hydrogens (tertiary/aromatic N) is 2. The molecule has 2 atom stereocenters. The number of aliphatic hydroxyl groups is 1. The molecular formula is C9H14N2O2. The summed E-state index contributed by atoms with van der Waals surface area (Å²) in [7, 11) is 0. The predicted octanol–water partition coefficient (Wildman–Crippen LogP) is 1.64. The minimum absolute atomic E-state index is 0.294. The van der Waals surface area contributed by atoms with E-state index in [1.165, 1.54) is 0 Å². The maximum atomic E-state index is 9.18. The number of aromatic nitrogens is 2. The lowest BCUT2D eigenvalue weighted by Crippen LogP contribution is -1.94. The van der Waals surface area contributed by atoms with E-state index < -0.39 is 6.10 Å². The van der Waals surface area contributed by atoms with Gasteiger partial charge in [-0.25, -0.2) is 0 Å². The van der Waals surface area contributed by atoms with Gasteiger partial charge in [-0.1, -0.05) is 19.0 Å². The van der Waals surface area contributed by atoms with Gasteiger partial charge < -0.3 is 9.63 Å². The minimum atomic E-state index is -0.639. The van der Waals surface area contributed by atoms with Crippen molar-refractivity contribution in [1.82, 2.24) is 10.1 Å². The van der Waals surface area contributed by atoms with Crippen LogP contribution in [0.5, 0.6) is 0 Å². The summed E-state index contributed by atoms with van der Waals surface area (Å²) in [5.74, 6) is 1.44. The van der Waals surface area contributed by atoms with Gasteiger partial charge in [-0.15, -0.1) is 0 Å². The zero-order valence-electron chi connectivity index (χ0n) is 8.11. The molecule has 0 aliphatic heterocycles. The molecule has 0 saturated heterocycles. The molecule has 4 nitrogen and oxygen atoms in total. The highest BCUT2D eigenvalue weighted by Crippen LogP contribution is 2.58. The molecule has 1 N–H and O–H groups in total. The second kappa shape index (κ2) is 2.54. The molecule has 0 radical (unpaired) electrons. The molecule has 1 fully saturated rings. The Hall–Kier alpha value is -0.900. The lowest BCUT2D eigenvalue weighted by molar-refractivity contribution is 0.184. The van der Waals surface area contributed by atoms with Crippen LogP contribution < -0.4 is 0 Å². The fourth-order valence-electron chi connectivity index (χ4n) is 1.45. The van der Waals surface area contributed by atoms with Gasteiger partial charge in [0, 0.05) is 5.92 Å². The molecule has 72 valence electrons. The molecule has 1 aromatic heterocycles. The van der Waals surface area contributed by atoms with Gasteiger partial charge in [0.15, 0.2) is 5.82 Å². The highest BCUT2D eigenvalue weighted by atomic mass is 16.5. The largest absolute Gasteiger partial charge is 0.385 e. The van der Waals surface area contributed by atoms with Crippen LogP contribution in [0.2, 0.25) is 0 Å². The SMILES string of the molecule is CC(O)c1noc(C2CC2(C)C)n1. The van der Waals surface area contributed by atoms with Gasteiger partial charge in [-0.2, -0.15) is 4.98 Å². The Kier molecular flexibility index (Phi) is 1.70. The van der Waals surface area contributed by atoms with Crippen LogP contribution in [-0.2, 0) is 0 Å². The Morgan fingerprint density at radius 3 is 2.62 bits per heavy atom. The molecule has 2 unspecified atom stereocenters. The lowest BCUT2D eigenvalue weighted by Gasteiger charge is -1.96. The van der Waals surface area contributed by atoms with Crippen LogP contribution in [-0.4, -0.2) is 15.2 Å². The molecule has 0 spiro atoms. The minimum Gasteiger partial charge on any atom is -0.385 e. The van der Waals surface area contributed by atoms with Crippen LogP contribution in [0.3, 0.4) is 0 Å². The van der Waals surface area contributed by atoms with Crippen LogP contribution in [0.1, 0.15) is 50.9 Å². The molecule has 1 saturated carbocycles. The summed E-state index contributed by atoms with van der Waals surface area (Å²) in [6, 6.07) is 0. The van der Waals surface area contributed by atoms with Crippen LogP contribution in [0.25, 0.3) is 0 Å². The van der Waals surface area contributed by atoms with E-state index in [0.717, 1.165) is 6.42 Å². The summed E-state index contributed by atoms with van der Waals surface area (Å²) >= 11 is 0. The normalized spacial score (nSPS) is 27.2. The fraction of sp³-hybridized carbons (Fsp3) is 0.778. The molecule has 13 heavy (non-hydrogen) atoms. The summed E-state index contributed by atoms with van der Waals surface area (Å²) in [4.78, 5) is 4.14. The van der Waals surface area contributed by atoms with E-state index >= 15 is 0 Å². The topological polar surface area (TPSA) is 59.2 Å². The summed E-state index contributed by atoms with van der Waals surface area (Å²) in [6.07, 6.45) is 0.452. The Bertz CT molecular complexity index is 317. The molecule has 0 aromatic carbocycles. The van der Waals surface area contributed by atoms with Gasteiger partial charge in [0.2, 0.25) is 5.89 Å². The van der Waals surface area contributed by atoms with Crippen LogP contribution in [0.4, 0.5) is 0 Å². The first-order chi connectivity index (χ1) is 6.00. The van der Waals surface area contributed by atoms with Crippen molar-refractivity contribution >= 4 is 0 Å². The maximum absolute atomic E-state index is 9.18. The fourth-order valence-corrected chi connectivity index (χ4v) is 1.45. The van der Waals surface area contributed by atoms with Gasteiger partial charge in [0.1, 0.15) is 6.10 Å². The molecule has 1 aliphatic carbocycles. The van der Waals surface area contributed by atoms with Crippen molar-refractivity contribution in [3.63, 3.8) is 0 Å². The highest BCUT2D eigenvalue weighted by Gasteiger charge is 2.50. The summed E-state index contributed by atoms with van der Waals surface area (Å²) in [5, 5.41) is 12.9. The van der Waals surface area contributed by atoms with Crippen LogP contribution in [0, 0.1) is 5.41 Å². The monoisotopic (exact) mass is 182 g/mol. The summed E-state index contributed by atoms with van der Waals surface area (Å²) in [5.41, 5.74) is 0.294. The second-order valence-corrected chi connectivity index (χ2v) is 4.41. The molecule has 0 amide bonds. The maximum Gasteiger partial charge on any atom is 0.230 e. The predicted molar refractivity (Wildman–Crippen MR) is 46.1 cm³/mol. The standard InChI is InChI=1S/C9H14N2O2/c1-5(12)7-10-8(13-11-7)6-4-9(6,2)3/h5-6,12H,4H2,1-3H3. The molecule has 0 bridgehead atoms. The molecular weight excluding hydrogens is 168 g/mol. The van der Waals surface area contributed by atoms with Gasteiger partial charge >= 0.3 is 0 Å². The van der Waals surface area contributed by atoms with Crippen molar-refractivity contribution in [2.45, 2.75) is 39.2 Å². The molecule has 2 rings (SSSR count). The average molecular weight is 182 g/mol. The quantitative estimate of drug-likeness (QED) is 0.755. The van der Waals surface area contributed by atoms with E-state index in [4.69, 9.17) is 4.52 Å². The van der Waals surface area contributed by atoms with Crippen molar-refractivity contribution in [1.29, 1.82) is 0 Å². The Labute approximate surface area is 77.0 Å². The van der Waals surface area contributed by atoms with Crippen molar-refractivity contribution in [3.8, 4) is 0 Å². The number of rotatable bonds is 2. The van der Waals surface area contributed by atoms with Gasteiger partial charge in [0.25, 0.3) is 0 Å². The van der Waals surface area contributed by atoms with E-state index in [9.17, 15) is 5.11 Å². The summed E-state index contributed by atoms with van der Waals surface area (Å²) < 4.78 is 5.06. The first-order valence-corrected chi connectivity index (χ1v) is 4.52. The Balaban J connectivity index is 2.16. The zero-order chi connectivity index (χ0) is 9.64. The lowest BCUT2D eigenvalue weighted by atomic mass is 10.1. The third-order valence-electron chi connectivity index (χ3n) is 2.64. The highest BCUT2D eigenvalue weighted by molar-refractivity contribution is 5.13. The average Bonchev–Trinajstić information content (AvgIpc) is 2.50. The Morgan fingerprint density at radius 1 is 1.62 bits per heavy atom. The number of hydrogen-bond donors (Lipinski definition) is 1. The van der Waals surface area contributed by atoms with E-state index in [0.29, 0.717) is 23.0 Å². The number of aliphatic hydroxyl groups excluding tert-OH is 1. The van der Waals surface area contributed by atoms with Gasteiger partial charge in [-0.05, 0) is 18.8 Å². The summed E-state index contributed by atoms with van der Waals surface area (Å²) in [6.45, 7) is 5.97. The Morgan fingerprint density at radius 2 is 2.23 bits per heavy atom. The smallest absolute Gasteiger partial charge is 0.230 e. The van der Waals surface area contributed by atoms with Crippen LogP contribution >= 0.6 is 0 Å². The van der Waals surface area contributed by atoms with Gasteiger partial charge in [-0.3, -0.25) is 0 Å². The second-order valence-electron chi connectivity index (χ2n) is 4.41. The molecule has 1 aliphatic rings. The molecule has 1 aromatic rings.